The molecule has 1 aromatic carbocycles. The third kappa shape index (κ3) is 4.17. The summed E-state index contributed by atoms with van der Waals surface area (Å²) in [6.07, 6.45) is -0.284. The number of alkyl halides is 1. The lowest BCUT2D eigenvalue weighted by Gasteiger charge is -2.28. The molecule has 0 aliphatic carbocycles. The summed E-state index contributed by atoms with van der Waals surface area (Å²) in [7, 11) is 0. The number of benzene rings is 1. The van der Waals surface area contributed by atoms with Crippen LogP contribution in [0.1, 0.15) is 26.3 Å². The van der Waals surface area contributed by atoms with E-state index in [1.807, 2.05) is 23.3 Å². The molecule has 5 heteroatoms. The highest BCUT2D eigenvalue weighted by Crippen LogP contribution is 2.32. The lowest BCUT2D eigenvalue weighted by Crippen LogP contribution is -2.42. The lowest BCUT2D eigenvalue weighted by molar-refractivity contribution is -0.169. The smallest absolute Gasteiger partial charge is 0.303 e. The predicted octanol–water partition coefficient (Wildman–Crippen LogP) is 3.19. The Balaban J connectivity index is 2.18. The average molecular weight is 403 g/mol. The monoisotopic (exact) mass is 403 g/mol. The Hall–Kier alpha value is -0.660. The fourth-order valence-electron chi connectivity index (χ4n) is 2.76. The minimum Gasteiger partial charge on any atom is -0.458 e. The van der Waals surface area contributed by atoms with Crippen LogP contribution in [0.3, 0.4) is 0 Å². The van der Waals surface area contributed by atoms with E-state index in [-0.39, 0.29) is 24.2 Å². The van der Waals surface area contributed by atoms with Gasteiger partial charge in [-0.25, -0.2) is 0 Å². The fraction of sp³-hybridized carbons (Fsp3) is 0.562. The Morgan fingerprint density at radius 2 is 2.05 bits per heavy atom. The summed E-state index contributed by atoms with van der Waals surface area (Å²) in [5, 5.41) is 1.98. The summed E-state index contributed by atoms with van der Waals surface area (Å²) in [5.41, 5.74) is 1.19. The van der Waals surface area contributed by atoms with Gasteiger partial charge in [0.1, 0.15) is 12.2 Å². The van der Waals surface area contributed by atoms with Gasteiger partial charge in [0.15, 0.2) is 0 Å². The van der Waals surface area contributed by atoms with Crippen molar-refractivity contribution < 1.29 is 14.4 Å². The molecule has 0 unspecified atom stereocenters. The van der Waals surface area contributed by atoms with Crippen molar-refractivity contribution in [1.29, 1.82) is 0 Å². The summed E-state index contributed by atoms with van der Waals surface area (Å²) in [6, 6.07) is 10.3. The van der Waals surface area contributed by atoms with Crippen LogP contribution >= 0.6 is 22.6 Å². The highest BCUT2D eigenvalue weighted by atomic mass is 127. The summed E-state index contributed by atoms with van der Waals surface area (Å²) >= 11 is 2.28. The van der Waals surface area contributed by atoms with Gasteiger partial charge < -0.3 is 4.74 Å². The van der Waals surface area contributed by atoms with Crippen LogP contribution in [0.15, 0.2) is 30.3 Å². The standard InChI is InChI=1S/C16H22INO3/c1-11(2)15-16(20-12(3)19)14(9-17)21-18(15)10-13-7-5-4-6-8-13/h4-8,11,14-16H,9-10H2,1-3H3/t14-,15+,16+/m1/s1. The maximum atomic E-state index is 11.4. The van der Waals surface area contributed by atoms with Crippen molar-refractivity contribution in [1.82, 2.24) is 5.06 Å². The number of esters is 1. The van der Waals surface area contributed by atoms with Gasteiger partial charge in [-0.15, -0.1) is 0 Å². The van der Waals surface area contributed by atoms with Gasteiger partial charge in [0.25, 0.3) is 0 Å². The van der Waals surface area contributed by atoms with Crippen LogP contribution in [-0.2, 0) is 20.9 Å². The minimum atomic E-state index is -0.245. The van der Waals surface area contributed by atoms with Gasteiger partial charge in [-0.2, -0.15) is 5.06 Å². The summed E-state index contributed by atoms with van der Waals surface area (Å²) in [4.78, 5) is 17.4. The van der Waals surface area contributed by atoms with E-state index in [0.29, 0.717) is 12.5 Å². The molecule has 21 heavy (non-hydrogen) atoms. The van der Waals surface area contributed by atoms with Crippen molar-refractivity contribution in [3.05, 3.63) is 35.9 Å². The summed E-state index contributed by atoms with van der Waals surface area (Å²) in [6.45, 7) is 6.44. The normalized spacial score (nSPS) is 26.2. The molecule has 0 saturated carbocycles. The van der Waals surface area contributed by atoms with E-state index in [1.165, 1.54) is 12.5 Å². The molecule has 1 aliphatic rings. The number of halogens is 1. The van der Waals surface area contributed by atoms with Crippen LogP contribution in [0.5, 0.6) is 0 Å². The molecule has 3 atom stereocenters. The number of hydrogen-bond acceptors (Lipinski definition) is 4. The van der Waals surface area contributed by atoms with E-state index in [4.69, 9.17) is 9.57 Å². The van der Waals surface area contributed by atoms with Gasteiger partial charge in [-0.3, -0.25) is 9.63 Å². The number of carbonyl (C=O) groups excluding carboxylic acids is 1. The summed E-state index contributed by atoms with van der Waals surface area (Å²) in [5.74, 6) is 0.0941. The molecule has 1 heterocycles. The first-order valence-electron chi connectivity index (χ1n) is 7.23. The lowest BCUT2D eigenvalue weighted by atomic mass is 9.96. The Labute approximate surface area is 139 Å². The molecule has 0 bridgehead atoms. The van der Waals surface area contributed by atoms with E-state index >= 15 is 0 Å². The average Bonchev–Trinajstić information content (AvgIpc) is 2.76. The molecule has 116 valence electrons. The Morgan fingerprint density at radius 3 is 2.57 bits per heavy atom. The zero-order valence-electron chi connectivity index (χ0n) is 12.7. The summed E-state index contributed by atoms with van der Waals surface area (Å²) < 4.78 is 6.34. The largest absolute Gasteiger partial charge is 0.458 e. The number of nitrogens with zero attached hydrogens (tertiary/aromatic N) is 1. The maximum Gasteiger partial charge on any atom is 0.303 e. The SMILES string of the molecule is CC(=O)O[C@H]1[C@@H](CI)ON(Cc2ccccc2)[C@H]1C(C)C. The first kappa shape index (κ1) is 16.7. The van der Waals surface area contributed by atoms with Crippen molar-refractivity contribution >= 4 is 28.6 Å². The number of rotatable bonds is 5. The van der Waals surface area contributed by atoms with Gasteiger partial charge in [0.2, 0.25) is 0 Å². The number of carbonyl (C=O) groups is 1. The van der Waals surface area contributed by atoms with E-state index in [0.717, 1.165) is 4.43 Å². The Kier molecular flexibility index (Phi) is 6.01. The van der Waals surface area contributed by atoms with Gasteiger partial charge in [0, 0.05) is 17.9 Å². The highest BCUT2D eigenvalue weighted by Gasteiger charge is 2.46. The highest BCUT2D eigenvalue weighted by molar-refractivity contribution is 14.1. The minimum absolute atomic E-state index is 0.0777. The molecule has 0 amide bonds. The molecule has 1 saturated heterocycles. The van der Waals surface area contributed by atoms with Crippen LogP contribution in [0.4, 0.5) is 0 Å². The molecule has 1 fully saturated rings. The van der Waals surface area contributed by atoms with E-state index in [1.54, 1.807) is 0 Å². The number of hydrogen-bond donors (Lipinski definition) is 0. The topological polar surface area (TPSA) is 38.8 Å². The van der Waals surface area contributed by atoms with E-state index in [2.05, 4.69) is 48.6 Å². The first-order chi connectivity index (χ1) is 10.0. The van der Waals surface area contributed by atoms with Crippen LogP contribution in [0, 0.1) is 5.92 Å². The van der Waals surface area contributed by atoms with E-state index in [9.17, 15) is 4.79 Å². The molecule has 0 aromatic heterocycles. The van der Waals surface area contributed by atoms with Gasteiger partial charge in [-0.1, -0.05) is 66.8 Å². The molecule has 4 nitrogen and oxygen atoms in total. The third-order valence-electron chi connectivity index (χ3n) is 3.62. The van der Waals surface area contributed by atoms with Crippen molar-refractivity contribution in [2.45, 2.75) is 45.6 Å². The van der Waals surface area contributed by atoms with Crippen LogP contribution in [-0.4, -0.2) is 33.7 Å². The van der Waals surface area contributed by atoms with Crippen LogP contribution in [0.2, 0.25) is 0 Å². The number of hydroxylamine groups is 2. The molecule has 2 rings (SSSR count). The van der Waals surface area contributed by atoms with Crippen molar-refractivity contribution in [3.8, 4) is 0 Å². The van der Waals surface area contributed by atoms with Crippen molar-refractivity contribution in [3.63, 3.8) is 0 Å². The second-order valence-electron chi connectivity index (χ2n) is 5.67. The van der Waals surface area contributed by atoms with Crippen LogP contribution < -0.4 is 0 Å². The zero-order valence-corrected chi connectivity index (χ0v) is 14.8. The van der Waals surface area contributed by atoms with Gasteiger partial charge >= 0.3 is 5.97 Å². The predicted molar refractivity (Wildman–Crippen MR) is 89.9 cm³/mol. The quantitative estimate of drug-likeness (QED) is 0.430. The van der Waals surface area contributed by atoms with Crippen LogP contribution in [0.25, 0.3) is 0 Å². The van der Waals surface area contributed by atoms with Crippen molar-refractivity contribution in [2.75, 3.05) is 4.43 Å². The fourth-order valence-corrected chi connectivity index (χ4v) is 3.42. The number of ether oxygens (including phenoxy) is 1. The van der Waals surface area contributed by atoms with Gasteiger partial charge in [-0.05, 0) is 11.5 Å². The van der Waals surface area contributed by atoms with Gasteiger partial charge in [0.05, 0.1) is 6.04 Å². The first-order valence-corrected chi connectivity index (χ1v) is 8.76. The van der Waals surface area contributed by atoms with E-state index < -0.39 is 0 Å². The molecule has 0 N–H and O–H groups in total. The molecule has 1 aromatic rings. The second kappa shape index (κ2) is 7.56. The second-order valence-corrected chi connectivity index (χ2v) is 6.55. The molecule has 0 spiro atoms. The zero-order chi connectivity index (χ0) is 15.4. The molecule has 1 aliphatic heterocycles. The Morgan fingerprint density at radius 1 is 1.38 bits per heavy atom. The Bertz CT molecular complexity index is 466. The maximum absolute atomic E-state index is 11.4. The molecule has 0 radical (unpaired) electrons. The third-order valence-corrected chi connectivity index (χ3v) is 4.49. The van der Waals surface area contributed by atoms with Crippen molar-refractivity contribution in [2.24, 2.45) is 5.92 Å². The molecular weight excluding hydrogens is 381 g/mol. The molecular formula is C16H22INO3.